The van der Waals surface area contributed by atoms with Crippen molar-refractivity contribution < 1.29 is 4.79 Å². The van der Waals surface area contributed by atoms with Crippen molar-refractivity contribution in [3.05, 3.63) is 46.2 Å². The molecular formula is C19H25N3O2. The summed E-state index contributed by atoms with van der Waals surface area (Å²) < 4.78 is 0. The molecule has 1 aliphatic heterocycles. The van der Waals surface area contributed by atoms with Gasteiger partial charge >= 0.3 is 0 Å². The smallest absolute Gasteiger partial charge is 0.252 e. The van der Waals surface area contributed by atoms with E-state index in [0.717, 1.165) is 42.4 Å². The number of fused-ring (bicyclic) bond motifs is 1. The highest BCUT2D eigenvalue weighted by Gasteiger charge is 2.28. The van der Waals surface area contributed by atoms with Crippen molar-refractivity contribution >= 4 is 16.8 Å². The van der Waals surface area contributed by atoms with Gasteiger partial charge in [0.15, 0.2) is 0 Å². The molecule has 2 aromatic rings. The number of H-pyrrole nitrogens is 1. The molecule has 2 heterocycles. The van der Waals surface area contributed by atoms with Crippen LogP contribution in [0.3, 0.4) is 0 Å². The summed E-state index contributed by atoms with van der Waals surface area (Å²) in [6.07, 6.45) is 1.96. The first kappa shape index (κ1) is 16.7. The monoisotopic (exact) mass is 327 g/mol. The molecule has 128 valence electrons. The van der Waals surface area contributed by atoms with E-state index in [4.69, 9.17) is 0 Å². The molecular weight excluding hydrogens is 302 g/mol. The predicted octanol–water partition coefficient (Wildman–Crippen LogP) is 2.26. The number of para-hydroxylation sites is 1. The molecule has 1 aliphatic rings. The predicted molar refractivity (Wildman–Crippen MR) is 95.8 cm³/mol. The number of carbonyl (C=O) groups excluding carboxylic acids is 1. The fraction of sp³-hybridized carbons (Fsp3) is 0.474. The molecule has 2 atom stereocenters. The van der Waals surface area contributed by atoms with E-state index < -0.39 is 0 Å². The van der Waals surface area contributed by atoms with Crippen molar-refractivity contribution in [2.45, 2.75) is 39.3 Å². The van der Waals surface area contributed by atoms with Gasteiger partial charge in [0.05, 0.1) is 0 Å². The molecule has 2 N–H and O–H groups in total. The number of aromatic amines is 1. The van der Waals surface area contributed by atoms with Gasteiger partial charge in [-0.15, -0.1) is 0 Å². The topological polar surface area (TPSA) is 65.2 Å². The molecule has 3 rings (SSSR count). The van der Waals surface area contributed by atoms with Crippen LogP contribution in [0.2, 0.25) is 0 Å². The van der Waals surface area contributed by atoms with Gasteiger partial charge in [0.25, 0.3) is 5.56 Å². The number of rotatable bonds is 4. The fourth-order valence-electron chi connectivity index (χ4n) is 3.57. The molecule has 0 aliphatic carbocycles. The summed E-state index contributed by atoms with van der Waals surface area (Å²) in [7, 11) is 0. The summed E-state index contributed by atoms with van der Waals surface area (Å²) in [5.74, 6) is 0.583. The number of carbonyl (C=O) groups is 1. The average Bonchev–Trinajstić information content (AvgIpc) is 2.59. The number of nitrogens with one attached hydrogen (secondary N) is 2. The molecule has 1 aromatic heterocycles. The van der Waals surface area contributed by atoms with Gasteiger partial charge in [-0.05, 0) is 29.9 Å². The second-order valence-corrected chi connectivity index (χ2v) is 6.62. The Balaban J connectivity index is 1.70. The normalized spacial score (nSPS) is 21.2. The minimum absolute atomic E-state index is 0.0320. The summed E-state index contributed by atoms with van der Waals surface area (Å²) in [5.41, 5.74) is 1.60. The average molecular weight is 327 g/mol. The van der Waals surface area contributed by atoms with Crippen molar-refractivity contribution in [2.75, 3.05) is 13.1 Å². The number of nitrogens with zero attached hydrogens (tertiary/aromatic N) is 1. The van der Waals surface area contributed by atoms with Gasteiger partial charge in [-0.1, -0.05) is 31.5 Å². The van der Waals surface area contributed by atoms with E-state index in [1.165, 1.54) is 0 Å². The number of pyridine rings is 1. The van der Waals surface area contributed by atoms with E-state index in [1.54, 1.807) is 6.92 Å². The minimum Gasteiger partial charge on any atom is -0.343 e. The first-order valence-corrected chi connectivity index (χ1v) is 8.68. The number of likely N-dealkylation sites (tertiary alicyclic amines) is 1. The molecule has 1 saturated heterocycles. The molecule has 1 aromatic carbocycles. The van der Waals surface area contributed by atoms with Crippen LogP contribution < -0.4 is 10.9 Å². The van der Waals surface area contributed by atoms with Gasteiger partial charge in [-0.25, -0.2) is 0 Å². The third kappa shape index (κ3) is 3.51. The Hall–Kier alpha value is -2.14. The van der Waals surface area contributed by atoms with E-state index >= 15 is 0 Å². The lowest BCUT2D eigenvalue weighted by Crippen LogP contribution is -2.50. The molecule has 1 amide bonds. The van der Waals surface area contributed by atoms with Gasteiger partial charge in [0, 0.05) is 43.7 Å². The Morgan fingerprint density at radius 1 is 1.38 bits per heavy atom. The zero-order valence-electron chi connectivity index (χ0n) is 14.3. The number of amides is 1. The quantitative estimate of drug-likeness (QED) is 0.905. The molecule has 0 spiro atoms. The van der Waals surface area contributed by atoms with E-state index in [2.05, 4.69) is 17.2 Å². The van der Waals surface area contributed by atoms with Gasteiger partial charge in [0.2, 0.25) is 5.91 Å². The van der Waals surface area contributed by atoms with Crippen LogP contribution >= 0.6 is 0 Å². The number of aromatic nitrogens is 1. The van der Waals surface area contributed by atoms with Crippen molar-refractivity contribution in [2.24, 2.45) is 5.92 Å². The van der Waals surface area contributed by atoms with Gasteiger partial charge in [0.1, 0.15) is 0 Å². The van der Waals surface area contributed by atoms with Crippen LogP contribution in [0.5, 0.6) is 0 Å². The van der Waals surface area contributed by atoms with Crippen LogP contribution in [0.1, 0.15) is 32.3 Å². The van der Waals surface area contributed by atoms with Gasteiger partial charge in [-0.3, -0.25) is 9.59 Å². The zero-order chi connectivity index (χ0) is 17.1. The first-order chi connectivity index (χ1) is 11.6. The van der Waals surface area contributed by atoms with Crippen molar-refractivity contribution in [3.8, 4) is 0 Å². The van der Waals surface area contributed by atoms with Crippen LogP contribution in [0.25, 0.3) is 10.9 Å². The van der Waals surface area contributed by atoms with Crippen LogP contribution in [0, 0.1) is 5.92 Å². The highest BCUT2D eigenvalue weighted by molar-refractivity contribution is 5.78. The second kappa shape index (κ2) is 7.18. The Kier molecular flexibility index (Phi) is 5.00. The molecule has 0 bridgehead atoms. The molecule has 24 heavy (non-hydrogen) atoms. The lowest BCUT2D eigenvalue weighted by atomic mass is 9.89. The third-order valence-corrected chi connectivity index (χ3v) is 5.09. The number of piperidine rings is 1. The summed E-state index contributed by atoms with van der Waals surface area (Å²) in [6.45, 7) is 5.94. The maximum absolute atomic E-state index is 12.2. The van der Waals surface area contributed by atoms with Crippen LogP contribution in [0.15, 0.2) is 35.1 Å². The summed E-state index contributed by atoms with van der Waals surface area (Å²) >= 11 is 0. The Morgan fingerprint density at radius 3 is 2.92 bits per heavy atom. The Bertz CT molecular complexity index is 784. The maximum Gasteiger partial charge on any atom is 0.252 e. The summed E-state index contributed by atoms with van der Waals surface area (Å²) in [4.78, 5) is 28.7. The highest BCUT2D eigenvalue weighted by Crippen LogP contribution is 2.21. The van der Waals surface area contributed by atoms with Gasteiger partial charge < -0.3 is 15.2 Å². The van der Waals surface area contributed by atoms with E-state index in [0.29, 0.717) is 18.5 Å². The zero-order valence-corrected chi connectivity index (χ0v) is 14.3. The van der Waals surface area contributed by atoms with Crippen LogP contribution in [0.4, 0.5) is 0 Å². The number of hydrogen-bond donors (Lipinski definition) is 2. The Morgan fingerprint density at radius 2 is 2.17 bits per heavy atom. The SMILES string of the molecule is CC[C@@H]1CN(C(C)=O)CC[C@@H]1NCc1cc2ccccc2[nH]c1=O. The minimum atomic E-state index is -0.0320. The molecule has 0 radical (unpaired) electrons. The van der Waals surface area contributed by atoms with Crippen molar-refractivity contribution in [1.29, 1.82) is 0 Å². The van der Waals surface area contributed by atoms with Crippen LogP contribution in [-0.2, 0) is 11.3 Å². The number of benzene rings is 1. The van der Waals surface area contributed by atoms with E-state index in [9.17, 15) is 9.59 Å². The summed E-state index contributed by atoms with van der Waals surface area (Å²) in [5, 5.41) is 4.59. The van der Waals surface area contributed by atoms with Gasteiger partial charge in [-0.2, -0.15) is 0 Å². The van der Waals surface area contributed by atoms with Crippen molar-refractivity contribution in [1.82, 2.24) is 15.2 Å². The summed E-state index contributed by atoms with van der Waals surface area (Å²) in [6, 6.07) is 10.1. The largest absolute Gasteiger partial charge is 0.343 e. The third-order valence-electron chi connectivity index (χ3n) is 5.09. The fourth-order valence-corrected chi connectivity index (χ4v) is 3.57. The lowest BCUT2D eigenvalue weighted by Gasteiger charge is -2.38. The van der Waals surface area contributed by atoms with Crippen molar-refractivity contribution in [3.63, 3.8) is 0 Å². The lowest BCUT2D eigenvalue weighted by molar-refractivity contribution is -0.131. The second-order valence-electron chi connectivity index (χ2n) is 6.62. The molecule has 5 nitrogen and oxygen atoms in total. The first-order valence-electron chi connectivity index (χ1n) is 8.68. The molecule has 1 fully saturated rings. The molecule has 5 heteroatoms. The van der Waals surface area contributed by atoms with E-state index in [1.807, 2.05) is 35.2 Å². The van der Waals surface area contributed by atoms with Crippen LogP contribution in [-0.4, -0.2) is 34.9 Å². The highest BCUT2D eigenvalue weighted by atomic mass is 16.2. The number of hydrogen-bond acceptors (Lipinski definition) is 3. The van der Waals surface area contributed by atoms with E-state index in [-0.39, 0.29) is 11.5 Å². The molecule has 0 unspecified atom stereocenters. The maximum atomic E-state index is 12.2. The Labute approximate surface area is 142 Å². The standard InChI is InChI=1S/C19H25N3O2/c1-3-14-12-22(13(2)23)9-8-17(14)20-11-16-10-15-6-4-5-7-18(15)21-19(16)24/h4-7,10,14,17,20H,3,8-9,11-12H2,1-2H3,(H,21,24)/t14-,17+/m1/s1. The molecule has 0 saturated carbocycles.